The molecule has 2 aromatic rings. The number of carbonyl (C=O) groups excluding carboxylic acids is 2. The molecule has 0 bridgehead atoms. The molecule has 0 aromatic carbocycles. The zero-order chi connectivity index (χ0) is 14.7. The molecule has 1 aliphatic heterocycles. The molecule has 0 spiro atoms. The van der Waals surface area contributed by atoms with E-state index in [1.807, 2.05) is 0 Å². The Bertz CT molecular complexity index is 660. The van der Waals surface area contributed by atoms with Crippen LogP contribution in [0.15, 0.2) is 34.2 Å². The lowest BCUT2D eigenvalue weighted by Gasteiger charge is -2.10. The van der Waals surface area contributed by atoms with E-state index in [4.69, 9.17) is 4.42 Å². The molecule has 3 rings (SSSR count). The molecule has 1 fully saturated rings. The smallest absolute Gasteiger partial charge is 0.324 e. The molecule has 1 N–H and O–H groups in total. The van der Waals surface area contributed by atoms with Crippen molar-refractivity contribution in [1.29, 1.82) is 0 Å². The van der Waals surface area contributed by atoms with E-state index in [0.717, 1.165) is 11.8 Å². The minimum Gasteiger partial charge on any atom is -0.411 e. The first-order valence-corrected chi connectivity index (χ1v) is 7.17. The summed E-state index contributed by atoms with van der Waals surface area (Å²) in [5.74, 6) is 0.135. The lowest BCUT2D eigenvalue weighted by molar-refractivity contribution is -0.124. The number of hydrogen-bond acceptors (Lipinski definition) is 7. The average molecular weight is 305 g/mol. The minimum atomic E-state index is -0.359. The fourth-order valence-electron chi connectivity index (χ4n) is 1.78. The predicted molar refractivity (Wildman–Crippen MR) is 73.4 cm³/mol. The lowest BCUT2D eigenvalue weighted by atomic mass is 10.3. The molecule has 108 valence electrons. The third-order valence-corrected chi connectivity index (χ3v) is 3.60. The van der Waals surface area contributed by atoms with Gasteiger partial charge < -0.3 is 9.73 Å². The van der Waals surface area contributed by atoms with Crippen molar-refractivity contribution in [3.8, 4) is 11.5 Å². The van der Waals surface area contributed by atoms with Crippen molar-refractivity contribution in [2.45, 2.75) is 5.22 Å². The van der Waals surface area contributed by atoms with E-state index >= 15 is 0 Å². The highest BCUT2D eigenvalue weighted by Gasteiger charge is 2.26. The number of nitrogens with zero attached hydrogens (tertiary/aromatic N) is 4. The number of amides is 3. The van der Waals surface area contributed by atoms with Gasteiger partial charge in [-0.15, -0.1) is 10.2 Å². The standard InChI is InChI=1S/C12H11N5O3S/c18-9(17-5-4-14-11(17)19)7-21-12-16-15-10(20-12)8-2-1-3-13-6-8/h1-3,6H,4-5,7H2,(H,14,19). The molecule has 1 saturated heterocycles. The van der Waals surface area contributed by atoms with Crippen LogP contribution in [0.4, 0.5) is 4.79 Å². The molecular weight excluding hydrogens is 294 g/mol. The summed E-state index contributed by atoms with van der Waals surface area (Å²) in [6.45, 7) is 0.879. The second-order valence-corrected chi connectivity index (χ2v) is 5.11. The Labute approximate surface area is 123 Å². The van der Waals surface area contributed by atoms with Crippen LogP contribution in [0.3, 0.4) is 0 Å². The van der Waals surface area contributed by atoms with Gasteiger partial charge >= 0.3 is 6.03 Å². The summed E-state index contributed by atoms with van der Waals surface area (Å²) in [4.78, 5) is 28.3. The maximum absolute atomic E-state index is 11.9. The maximum Gasteiger partial charge on any atom is 0.324 e. The van der Waals surface area contributed by atoms with Gasteiger partial charge in [0.25, 0.3) is 5.22 Å². The van der Waals surface area contributed by atoms with Crippen LogP contribution in [0.25, 0.3) is 11.5 Å². The summed E-state index contributed by atoms with van der Waals surface area (Å²) in [7, 11) is 0. The zero-order valence-corrected chi connectivity index (χ0v) is 11.7. The van der Waals surface area contributed by atoms with Gasteiger partial charge in [0, 0.05) is 25.5 Å². The van der Waals surface area contributed by atoms with Crippen molar-refractivity contribution in [1.82, 2.24) is 25.4 Å². The first-order chi connectivity index (χ1) is 10.2. The van der Waals surface area contributed by atoms with Gasteiger partial charge in [0.2, 0.25) is 11.8 Å². The van der Waals surface area contributed by atoms with Gasteiger partial charge in [0.05, 0.1) is 11.3 Å². The fraction of sp³-hybridized carbons (Fsp3) is 0.250. The number of hydrogen-bond donors (Lipinski definition) is 1. The maximum atomic E-state index is 11.9. The second-order valence-electron chi connectivity index (χ2n) is 4.18. The Morgan fingerprint density at radius 2 is 2.38 bits per heavy atom. The highest BCUT2D eigenvalue weighted by molar-refractivity contribution is 7.99. The van der Waals surface area contributed by atoms with Gasteiger partial charge in [-0.25, -0.2) is 4.79 Å². The van der Waals surface area contributed by atoms with Crippen molar-refractivity contribution in [3.63, 3.8) is 0 Å². The van der Waals surface area contributed by atoms with E-state index in [9.17, 15) is 9.59 Å². The molecule has 2 aromatic heterocycles. The van der Waals surface area contributed by atoms with Crippen LogP contribution in [0.2, 0.25) is 0 Å². The van der Waals surface area contributed by atoms with Gasteiger partial charge in [-0.3, -0.25) is 14.7 Å². The van der Waals surface area contributed by atoms with Crippen LogP contribution in [0.5, 0.6) is 0 Å². The van der Waals surface area contributed by atoms with E-state index in [1.165, 1.54) is 4.90 Å². The summed E-state index contributed by atoms with van der Waals surface area (Å²) in [6, 6.07) is 3.21. The Kier molecular flexibility index (Phi) is 3.82. The molecule has 9 heteroatoms. The zero-order valence-electron chi connectivity index (χ0n) is 10.9. The number of imide groups is 1. The van der Waals surface area contributed by atoms with Gasteiger partial charge in [0.15, 0.2) is 0 Å². The third kappa shape index (κ3) is 3.02. The van der Waals surface area contributed by atoms with E-state index in [0.29, 0.717) is 24.5 Å². The van der Waals surface area contributed by atoms with Gasteiger partial charge in [-0.1, -0.05) is 11.8 Å². The summed E-state index contributed by atoms with van der Waals surface area (Å²) in [5, 5.41) is 10.6. The van der Waals surface area contributed by atoms with Gasteiger partial charge in [-0.05, 0) is 12.1 Å². The average Bonchev–Trinajstić information content (AvgIpc) is 3.15. The number of urea groups is 1. The molecule has 8 nitrogen and oxygen atoms in total. The topological polar surface area (TPSA) is 101 Å². The summed E-state index contributed by atoms with van der Waals surface area (Å²) < 4.78 is 5.44. The molecular formula is C12H11N5O3S. The van der Waals surface area contributed by atoms with Gasteiger partial charge in [-0.2, -0.15) is 0 Å². The molecule has 3 heterocycles. The van der Waals surface area contributed by atoms with Crippen molar-refractivity contribution < 1.29 is 14.0 Å². The van der Waals surface area contributed by atoms with Gasteiger partial charge in [0.1, 0.15) is 0 Å². The number of pyridine rings is 1. The van der Waals surface area contributed by atoms with Crippen LogP contribution in [0.1, 0.15) is 0 Å². The summed E-state index contributed by atoms with van der Waals surface area (Å²) in [6.07, 6.45) is 3.26. The van der Waals surface area contributed by atoms with E-state index in [1.54, 1.807) is 24.5 Å². The Balaban J connectivity index is 1.60. The van der Waals surface area contributed by atoms with Crippen LogP contribution >= 0.6 is 11.8 Å². The van der Waals surface area contributed by atoms with E-state index < -0.39 is 0 Å². The Morgan fingerprint density at radius 3 is 3.10 bits per heavy atom. The molecule has 21 heavy (non-hydrogen) atoms. The number of nitrogens with one attached hydrogen (secondary N) is 1. The fourth-order valence-corrected chi connectivity index (χ4v) is 2.42. The number of rotatable bonds is 4. The number of aromatic nitrogens is 3. The van der Waals surface area contributed by atoms with Crippen molar-refractivity contribution in [3.05, 3.63) is 24.5 Å². The normalized spacial score (nSPS) is 14.3. The third-order valence-electron chi connectivity index (χ3n) is 2.79. The lowest BCUT2D eigenvalue weighted by Crippen LogP contribution is -2.35. The Morgan fingerprint density at radius 1 is 1.48 bits per heavy atom. The second kappa shape index (κ2) is 5.92. The molecule has 0 aliphatic carbocycles. The van der Waals surface area contributed by atoms with Crippen molar-refractivity contribution in [2.75, 3.05) is 18.8 Å². The number of thioether (sulfide) groups is 1. The molecule has 3 amide bonds. The van der Waals surface area contributed by atoms with E-state index in [2.05, 4.69) is 20.5 Å². The largest absolute Gasteiger partial charge is 0.411 e. The molecule has 0 radical (unpaired) electrons. The predicted octanol–water partition coefficient (Wildman–Crippen LogP) is 0.776. The molecule has 0 saturated carbocycles. The Hall–Kier alpha value is -2.42. The molecule has 0 atom stereocenters. The van der Waals surface area contributed by atoms with Crippen molar-refractivity contribution in [2.24, 2.45) is 0 Å². The first kappa shape index (κ1) is 13.6. The summed E-state index contributed by atoms with van der Waals surface area (Å²) >= 11 is 1.10. The van der Waals surface area contributed by atoms with Crippen LogP contribution in [-0.4, -0.2) is 50.9 Å². The molecule has 1 aliphatic rings. The van der Waals surface area contributed by atoms with Crippen LogP contribution < -0.4 is 5.32 Å². The molecule has 0 unspecified atom stereocenters. The van der Waals surface area contributed by atoms with Crippen molar-refractivity contribution >= 4 is 23.7 Å². The number of carbonyl (C=O) groups is 2. The highest BCUT2D eigenvalue weighted by atomic mass is 32.2. The SMILES string of the molecule is O=C(CSc1nnc(-c2cccnc2)o1)N1CCNC1=O. The summed E-state index contributed by atoms with van der Waals surface area (Å²) in [5.41, 5.74) is 0.710. The highest BCUT2D eigenvalue weighted by Crippen LogP contribution is 2.22. The monoisotopic (exact) mass is 305 g/mol. The first-order valence-electron chi connectivity index (χ1n) is 6.19. The van der Waals surface area contributed by atoms with E-state index in [-0.39, 0.29) is 22.9 Å². The van der Waals surface area contributed by atoms with Crippen LogP contribution in [-0.2, 0) is 4.79 Å². The minimum absolute atomic E-state index is 0.0715. The van der Waals surface area contributed by atoms with Crippen LogP contribution in [0, 0.1) is 0 Å². The quantitative estimate of drug-likeness (QED) is 0.833.